The number of pyridine rings is 3. The van der Waals surface area contributed by atoms with Crippen LogP contribution in [0.5, 0.6) is 0 Å². The minimum absolute atomic E-state index is 0.942. The summed E-state index contributed by atoms with van der Waals surface area (Å²) in [7, 11) is 0. The van der Waals surface area contributed by atoms with Gasteiger partial charge in [0.1, 0.15) is 16.9 Å². The Labute approximate surface area is 808 Å². The Morgan fingerprint density at radius 2 is 0.393 bits per heavy atom. The van der Waals surface area contributed by atoms with Crippen molar-refractivity contribution in [3.8, 4) is 66.8 Å². The molecule has 27 rings (SSSR count). The lowest BCUT2D eigenvalue weighted by Crippen LogP contribution is -1.91. The highest BCUT2D eigenvalue weighted by atomic mass is 15.0. The van der Waals surface area contributed by atoms with E-state index in [1.807, 2.05) is 208 Å². The van der Waals surface area contributed by atoms with Gasteiger partial charge < -0.3 is 0 Å². The molecule has 6 heterocycles. The third kappa shape index (κ3) is 18.2. The highest BCUT2D eigenvalue weighted by molar-refractivity contribution is 6.18. The second-order valence-electron chi connectivity index (χ2n) is 29.9. The summed E-state index contributed by atoms with van der Waals surface area (Å²) in [6.07, 6.45) is 5.93. The fraction of sp³-hybridized carbons (Fsp3) is 0.279. The van der Waals surface area contributed by atoms with E-state index in [0.29, 0.717) is 0 Å². The van der Waals surface area contributed by atoms with Gasteiger partial charge in [0.2, 0.25) is 0 Å². The van der Waals surface area contributed by atoms with Crippen LogP contribution in [0.1, 0.15) is 274 Å². The second kappa shape index (κ2) is 49.1. The van der Waals surface area contributed by atoms with E-state index in [4.69, 9.17) is 15.0 Å². The number of para-hydroxylation sites is 3. The van der Waals surface area contributed by atoms with Gasteiger partial charge in [-0.3, -0.25) is 13.2 Å². The predicted octanol–water partition coefficient (Wildman–Crippen LogP) is 39.2. The SMILES string of the molecule is CC.CC.CC.CC.CC.CC.CC.CC.CC.CC.CC.CC.CC.CC.CC.c1ccc2c(c1)Cc1cc3c(cc1-2)-c1ccc2c(nc4c5ccccc5c5ccccc5n24)c1C3.c1ccc2c(c1)Cc1cc3c(cc1-2)Cc1c-3ccc2c1nc1c3ccccc3c3ccccc3n21.c1ccc2c(c1)Cc1ccc3c(c1-2)-c1ccc2c(nc4c5ccccc5c5ccccc5n24)c1C3. The zero-order chi connectivity index (χ0) is 98.0. The van der Waals surface area contributed by atoms with Crippen LogP contribution >= 0.6 is 0 Å². The van der Waals surface area contributed by atoms with Crippen molar-refractivity contribution < 1.29 is 0 Å². The third-order valence-corrected chi connectivity index (χ3v) is 24.6. The molecule has 0 unspecified atom stereocenters. The number of imidazole rings is 3. The number of rotatable bonds is 0. The molecular weight excluding hydrogens is 1630 g/mol. The van der Waals surface area contributed by atoms with E-state index in [2.05, 4.69) is 304 Å². The van der Waals surface area contributed by atoms with Crippen LogP contribution in [0.2, 0.25) is 0 Å². The van der Waals surface area contributed by atoms with E-state index in [9.17, 15) is 0 Å². The standard InChI is InChI=1S/3C33H20N2.15C2H6/c1-2-8-22-19(7-1)15-20-16-28-21(17-27(20)22)18-29-24(28)13-14-31-32(29)34-33-26-11-4-3-9-23(26)25-10-5-6-12-30(25)35(31)33;1-2-8-22-19(7-1)15-20-16-21-17-29-24(28(21)18-27(20)22)13-14-31-32(29)34-33-26-11-4-3-9-23(26)25-10-5-6-12-30(25)35(31)33;1-2-8-22-19(7-1)17-20-13-14-21-18-27-25(31(21)30(20)22)15-16-29-32(27)34-33-26-11-4-3-9-23(26)24-10-5-6-12-28(24)35(29)33;15*1-2/h1-14,16-17H,15,18H2;1-14,16,18H,15,17H2;1-16H,17-18H2;15*1-2H3. The van der Waals surface area contributed by atoms with Crippen molar-refractivity contribution in [2.45, 2.75) is 246 Å². The van der Waals surface area contributed by atoms with Crippen LogP contribution in [-0.2, 0) is 38.5 Å². The van der Waals surface area contributed by atoms with Crippen molar-refractivity contribution in [3.05, 3.63) is 358 Å². The molecule has 6 heteroatoms. The fourth-order valence-electron chi connectivity index (χ4n) is 20.1. The maximum absolute atomic E-state index is 5.35. The number of nitrogens with zero attached hydrogens (tertiary/aromatic N) is 6. The van der Waals surface area contributed by atoms with E-state index >= 15 is 0 Å². The molecule has 135 heavy (non-hydrogen) atoms. The molecule has 0 spiro atoms. The van der Waals surface area contributed by atoms with Crippen molar-refractivity contribution in [3.63, 3.8) is 0 Å². The largest absolute Gasteiger partial charge is 0.292 e. The molecule has 6 aliphatic rings. The van der Waals surface area contributed by atoms with E-state index in [-0.39, 0.29) is 0 Å². The average molecular weight is 1780 g/mol. The smallest absolute Gasteiger partial charge is 0.146 e. The van der Waals surface area contributed by atoms with Crippen LogP contribution in [0.4, 0.5) is 0 Å². The van der Waals surface area contributed by atoms with Crippen LogP contribution in [0.3, 0.4) is 0 Å². The lowest BCUT2D eigenvalue weighted by Gasteiger charge is -2.10. The van der Waals surface area contributed by atoms with Crippen LogP contribution in [0.25, 0.3) is 182 Å². The molecule has 0 amide bonds. The second-order valence-corrected chi connectivity index (χ2v) is 29.9. The van der Waals surface area contributed by atoms with Gasteiger partial charge in [0, 0.05) is 51.6 Å². The lowest BCUT2D eigenvalue weighted by atomic mass is 9.94. The van der Waals surface area contributed by atoms with Crippen molar-refractivity contribution in [1.82, 2.24) is 28.2 Å². The Morgan fingerprint density at radius 1 is 0.156 bits per heavy atom. The maximum Gasteiger partial charge on any atom is 0.146 e. The highest BCUT2D eigenvalue weighted by Gasteiger charge is 2.34. The van der Waals surface area contributed by atoms with Crippen LogP contribution < -0.4 is 0 Å². The van der Waals surface area contributed by atoms with Gasteiger partial charge in [-0.2, -0.15) is 0 Å². The normalized spacial score (nSPS) is 11.2. The Hall–Kier alpha value is -13.3. The lowest BCUT2D eigenvalue weighted by molar-refractivity contribution is 1.22. The summed E-state index contributed by atoms with van der Waals surface area (Å²) < 4.78 is 7.11. The average Bonchev–Trinajstić information content (AvgIpc) is 1.56. The van der Waals surface area contributed by atoms with Gasteiger partial charge in [-0.25, -0.2) is 15.0 Å². The van der Waals surface area contributed by atoms with Crippen LogP contribution in [0.15, 0.2) is 291 Å². The Morgan fingerprint density at radius 3 is 0.770 bits per heavy atom. The zero-order valence-corrected chi connectivity index (χ0v) is 87.1. The molecule has 0 N–H and O–H groups in total. The molecule has 6 aliphatic carbocycles. The van der Waals surface area contributed by atoms with Gasteiger partial charge in [-0.15, -0.1) is 0 Å². The number of aromatic nitrogens is 6. The maximum atomic E-state index is 5.35. The summed E-state index contributed by atoms with van der Waals surface area (Å²) in [5, 5.41) is 11.2. The molecule has 0 bridgehead atoms. The Bertz CT molecular complexity index is 7610. The summed E-state index contributed by atoms with van der Waals surface area (Å²) in [6.45, 7) is 60.0. The molecule has 0 saturated heterocycles. The van der Waals surface area contributed by atoms with Crippen LogP contribution in [0, 0.1) is 0 Å². The van der Waals surface area contributed by atoms with Crippen LogP contribution in [-0.4, -0.2) is 28.2 Å². The molecule has 0 fully saturated rings. The molecule has 21 aromatic rings. The summed E-state index contributed by atoms with van der Waals surface area (Å²) in [6, 6.07) is 107. The quantitative estimate of drug-likeness (QED) is 0.142. The minimum Gasteiger partial charge on any atom is -0.292 e. The summed E-state index contributed by atoms with van der Waals surface area (Å²) in [5.41, 5.74) is 47.6. The van der Waals surface area contributed by atoms with Crippen molar-refractivity contribution in [1.29, 1.82) is 0 Å². The molecule has 0 radical (unpaired) electrons. The topological polar surface area (TPSA) is 51.9 Å². The van der Waals surface area contributed by atoms with E-state index < -0.39 is 0 Å². The van der Waals surface area contributed by atoms with Crippen molar-refractivity contribution in [2.24, 2.45) is 0 Å². The third-order valence-electron chi connectivity index (χ3n) is 24.6. The first kappa shape index (κ1) is 104. The van der Waals surface area contributed by atoms with Gasteiger partial charge in [0.05, 0.1) is 49.7 Å². The molecule has 6 aromatic heterocycles. The Kier molecular flexibility index (Phi) is 37.7. The molecular formula is C129H150N6. The number of fused-ring (bicyclic) bond motifs is 46. The Balaban J connectivity index is 0.000000184. The fourth-order valence-corrected chi connectivity index (χ4v) is 20.1. The van der Waals surface area contributed by atoms with Gasteiger partial charge in [-0.1, -0.05) is 444 Å². The van der Waals surface area contributed by atoms with Gasteiger partial charge in [-0.05, 0) is 224 Å². The first-order chi connectivity index (χ1) is 67.1. The monoisotopic (exact) mass is 1780 g/mol. The van der Waals surface area contributed by atoms with E-state index in [1.54, 1.807) is 0 Å². The van der Waals surface area contributed by atoms with Crippen molar-refractivity contribution in [2.75, 3.05) is 0 Å². The summed E-state index contributed by atoms with van der Waals surface area (Å²) in [4.78, 5) is 16.0. The number of benzene rings is 15. The van der Waals surface area contributed by atoms with E-state index in [1.165, 1.54) is 215 Å². The summed E-state index contributed by atoms with van der Waals surface area (Å²) in [5.74, 6) is 0. The molecule has 696 valence electrons. The van der Waals surface area contributed by atoms with Gasteiger partial charge in [0.15, 0.2) is 0 Å². The molecule has 15 aromatic carbocycles. The van der Waals surface area contributed by atoms with E-state index in [0.717, 1.165) is 72.0 Å². The predicted molar refractivity (Wildman–Crippen MR) is 603 cm³/mol. The van der Waals surface area contributed by atoms with Gasteiger partial charge >= 0.3 is 0 Å². The first-order valence-electron chi connectivity index (χ1n) is 52.0. The number of hydrogen-bond donors (Lipinski definition) is 0. The molecule has 6 nitrogen and oxygen atoms in total. The minimum atomic E-state index is 0.942. The van der Waals surface area contributed by atoms with Crippen molar-refractivity contribution >= 4 is 115 Å². The molecule has 0 saturated carbocycles. The summed E-state index contributed by atoms with van der Waals surface area (Å²) >= 11 is 0. The molecule has 0 atom stereocenters. The zero-order valence-electron chi connectivity index (χ0n) is 87.1. The van der Waals surface area contributed by atoms with Gasteiger partial charge in [0.25, 0.3) is 0 Å². The highest BCUT2D eigenvalue weighted by Crippen LogP contribution is 2.53. The molecule has 0 aliphatic heterocycles. The number of hydrogen-bond acceptors (Lipinski definition) is 3. The first-order valence-corrected chi connectivity index (χ1v) is 52.0.